The van der Waals surface area contributed by atoms with Crippen molar-refractivity contribution in [2.75, 3.05) is 0 Å². The van der Waals surface area contributed by atoms with Gasteiger partial charge >= 0.3 is 0 Å². The Labute approximate surface area is 111 Å². The largest absolute Gasteiger partial charge is 0.346 e. The number of aromatic amines is 1. The van der Waals surface area contributed by atoms with Crippen LogP contribution in [0.2, 0.25) is 0 Å². The number of amides is 1. The molecule has 3 unspecified atom stereocenters. The molecule has 1 fully saturated rings. The first-order chi connectivity index (χ1) is 9.25. The molecule has 1 saturated carbocycles. The molecule has 1 heterocycles. The lowest BCUT2D eigenvalue weighted by Gasteiger charge is -2.10. The standard InChI is InChI=1S/C14H16N4O/c1-9(13-15-8-16-18-13)17-14(19)12-7-11(12)10-5-3-2-4-6-10/h2-6,8-9,11-12H,7H2,1H3,(H,17,19)(H,15,16,18). The van der Waals surface area contributed by atoms with Gasteiger partial charge in [0.1, 0.15) is 12.2 Å². The van der Waals surface area contributed by atoms with Crippen molar-refractivity contribution in [2.24, 2.45) is 5.92 Å². The minimum absolute atomic E-state index is 0.0905. The molecule has 2 N–H and O–H groups in total. The van der Waals surface area contributed by atoms with Gasteiger partial charge in [-0.2, -0.15) is 5.10 Å². The topological polar surface area (TPSA) is 70.7 Å². The molecule has 0 radical (unpaired) electrons. The summed E-state index contributed by atoms with van der Waals surface area (Å²) in [5.74, 6) is 1.24. The highest BCUT2D eigenvalue weighted by Crippen LogP contribution is 2.47. The van der Waals surface area contributed by atoms with Gasteiger partial charge in [-0.15, -0.1) is 0 Å². The number of benzene rings is 1. The van der Waals surface area contributed by atoms with Crippen LogP contribution in [0.5, 0.6) is 0 Å². The summed E-state index contributed by atoms with van der Waals surface area (Å²) >= 11 is 0. The van der Waals surface area contributed by atoms with E-state index in [9.17, 15) is 4.79 Å². The summed E-state index contributed by atoms with van der Waals surface area (Å²) in [7, 11) is 0. The van der Waals surface area contributed by atoms with Crippen LogP contribution in [-0.2, 0) is 4.79 Å². The van der Waals surface area contributed by atoms with Crippen LogP contribution in [0.3, 0.4) is 0 Å². The van der Waals surface area contributed by atoms with E-state index in [1.165, 1.54) is 11.9 Å². The van der Waals surface area contributed by atoms with Gasteiger partial charge in [-0.25, -0.2) is 4.98 Å². The maximum atomic E-state index is 12.1. The highest BCUT2D eigenvalue weighted by molar-refractivity contribution is 5.83. The van der Waals surface area contributed by atoms with Crippen LogP contribution >= 0.6 is 0 Å². The smallest absolute Gasteiger partial charge is 0.224 e. The minimum Gasteiger partial charge on any atom is -0.346 e. The fourth-order valence-corrected chi connectivity index (χ4v) is 2.37. The van der Waals surface area contributed by atoms with Crippen molar-refractivity contribution in [3.8, 4) is 0 Å². The van der Waals surface area contributed by atoms with E-state index in [1.807, 2.05) is 25.1 Å². The molecule has 2 aromatic rings. The van der Waals surface area contributed by atoms with E-state index in [1.54, 1.807) is 0 Å². The molecule has 1 aromatic carbocycles. The Morgan fingerprint density at radius 3 is 2.89 bits per heavy atom. The van der Waals surface area contributed by atoms with Crippen molar-refractivity contribution < 1.29 is 4.79 Å². The van der Waals surface area contributed by atoms with Crippen LogP contribution in [0.25, 0.3) is 0 Å². The summed E-state index contributed by atoms with van der Waals surface area (Å²) in [6.45, 7) is 1.90. The fourth-order valence-electron chi connectivity index (χ4n) is 2.37. The molecule has 3 rings (SSSR count). The monoisotopic (exact) mass is 256 g/mol. The van der Waals surface area contributed by atoms with Crippen molar-refractivity contribution >= 4 is 5.91 Å². The Kier molecular flexibility index (Phi) is 3.03. The summed E-state index contributed by atoms with van der Waals surface area (Å²) in [5, 5.41) is 9.53. The van der Waals surface area contributed by atoms with E-state index < -0.39 is 0 Å². The van der Waals surface area contributed by atoms with Gasteiger partial charge in [0.2, 0.25) is 5.91 Å². The molecule has 19 heavy (non-hydrogen) atoms. The highest BCUT2D eigenvalue weighted by atomic mass is 16.2. The Bertz CT molecular complexity index is 552. The molecule has 98 valence electrons. The number of hydrogen-bond donors (Lipinski definition) is 2. The first kappa shape index (κ1) is 11.9. The molecule has 1 amide bonds. The van der Waals surface area contributed by atoms with E-state index in [2.05, 4.69) is 32.6 Å². The molecule has 1 aliphatic carbocycles. The fraction of sp³-hybridized carbons (Fsp3) is 0.357. The normalized spacial score (nSPS) is 22.8. The number of rotatable bonds is 4. The molecule has 5 heteroatoms. The van der Waals surface area contributed by atoms with Crippen LogP contribution in [-0.4, -0.2) is 21.1 Å². The average molecular weight is 256 g/mol. The molecule has 1 aromatic heterocycles. The minimum atomic E-state index is -0.132. The van der Waals surface area contributed by atoms with Crippen LogP contribution < -0.4 is 5.32 Å². The van der Waals surface area contributed by atoms with Crippen LogP contribution in [0.4, 0.5) is 0 Å². The van der Waals surface area contributed by atoms with E-state index in [0.717, 1.165) is 6.42 Å². The van der Waals surface area contributed by atoms with Crippen molar-refractivity contribution in [2.45, 2.75) is 25.3 Å². The second kappa shape index (κ2) is 4.84. The van der Waals surface area contributed by atoms with Gasteiger partial charge in [0, 0.05) is 5.92 Å². The molecule has 0 aliphatic heterocycles. The lowest BCUT2D eigenvalue weighted by Crippen LogP contribution is -2.29. The van der Waals surface area contributed by atoms with E-state index in [0.29, 0.717) is 11.7 Å². The maximum absolute atomic E-state index is 12.1. The van der Waals surface area contributed by atoms with Crippen molar-refractivity contribution in [3.63, 3.8) is 0 Å². The molecule has 0 saturated heterocycles. The quantitative estimate of drug-likeness (QED) is 0.876. The van der Waals surface area contributed by atoms with Gasteiger partial charge in [-0.05, 0) is 24.8 Å². The van der Waals surface area contributed by atoms with Gasteiger partial charge in [0.15, 0.2) is 0 Å². The third kappa shape index (κ3) is 2.50. The summed E-state index contributed by atoms with van der Waals surface area (Å²) in [5.41, 5.74) is 1.25. The molecule has 1 aliphatic rings. The van der Waals surface area contributed by atoms with Crippen LogP contribution in [0.15, 0.2) is 36.7 Å². The summed E-state index contributed by atoms with van der Waals surface area (Å²) < 4.78 is 0. The summed E-state index contributed by atoms with van der Waals surface area (Å²) in [4.78, 5) is 16.2. The van der Waals surface area contributed by atoms with Crippen molar-refractivity contribution in [3.05, 3.63) is 48.0 Å². The van der Waals surface area contributed by atoms with Gasteiger partial charge in [-0.1, -0.05) is 30.3 Å². The van der Waals surface area contributed by atoms with E-state index in [-0.39, 0.29) is 17.9 Å². The average Bonchev–Trinajstić information content (AvgIpc) is 3.05. The van der Waals surface area contributed by atoms with Gasteiger partial charge in [-0.3, -0.25) is 9.89 Å². The number of nitrogens with one attached hydrogen (secondary N) is 2. The van der Waals surface area contributed by atoms with Gasteiger partial charge < -0.3 is 5.32 Å². The predicted octanol–water partition coefficient (Wildman–Crippen LogP) is 1.79. The number of carbonyl (C=O) groups excluding carboxylic acids is 1. The lowest BCUT2D eigenvalue weighted by molar-refractivity contribution is -0.123. The van der Waals surface area contributed by atoms with E-state index in [4.69, 9.17) is 0 Å². The van der Waals surface area contributed by atoms with Crippen LogP contribution in [0.1, 0.15) is 36.7 Å². The van der Waals surface area contributed by atoms with Crippen LogP contribution in [0, 0.1) is 5.92 Å². The van der Waals surface area contributed by atoms with Gasteiger partial charge in [0.05, 0.1) is 6.04 Å². The second-order valence-electron chi connectivity index (χ2n) is 4.96. The molecular weight excluding hydrogens is 240 g/mol. The third-order valence-corrected chi connectivity index (χ3v) is 3.56. The van der Waals surface area contributed by atoms with Crippen molar-refractivity contribution in [1.82, 2.24) is 20.5 Å². The van der Waals surface area contributed by atoms with Gasteiger partial charge in [0.25, 0.3) is 0 Å². The second-order valence-corrected chi connectivity index (χ2v) is 4.96. The van der Waals surface area contributed by atoms with E-state index >= 15 is 0 Å². The third-order valence-electron chi connectivity index (χ3n) is 3.56. The zero-order valence-corrected chi connectivity index (χ0v) is 10.7. The molecule has 5 nitrogen and oxygen atoms in total. The number of hydrogen-bond acceptors (Lipinski definition) is 3. The Morgan fingerprint density at radius 2 is 2.21 bits per heavy atom. The lowest BCUT2D eigenvalue weighted by atomic mass is 10.1. The maximum Gasteiger partial charge on any atom is 0.224 e. The Balaban J connectivity index is 1.58. The molecule has 0 bridgehead atoms. The number of carbonyl (C=O) groups is 1. The Morgan fingerprint density at radius 1 is 1.42 bits per heavy atom. The predicted molar refractivity (Wildman–Crippen MR) is 70.2 cm³/mol. The summed E-state index contributed by atoms with van der Waals surface area (Å²) in [6, 6.07) is 10.1. The Hall–Kier alpha value is -2.17. The summed E-state index contributed by atoms with van der Waals surface area (Å²) in [6.07, 6.45) is 2.38. The molecule has 0 spiro atoms. The number of nitrogens with zero attached hydrogens (tertiary/aromatic N) is 2. The highest BCUT2D eigenvalue weighted by Gasteiger charge is 2.44. The zero-order valence-electron chi connectivity index (χ0n) is 10.7. The first-order valence-electron chi connectivity index (χ1n) is 6.46. The molecular formula is C14H16N4O. The zero-order chi connectivity index (χ0) is 13.2. The number of aromatic nitrogens is 3. The molecule has 3 atom stereocenters. The number of H-pyrrole nitrogens is 1. The first-order valence-corrected chi connectivity index (χ1v) is 6.46. The SMILES string of the molecule is CC(NC(=O)C1CC1c1ccccc1)c1ncn[nH]1. The van der Waals surface area contributed by atoms with Crippen molar-refractivity contribution in [1.29, 1.82) is 0 Å².